The van der Waals surface area contributed by atoms with Gasteiger partial charge in [-0.25, -0.2) is 0 Å². The highest BCUT2D eigenvalue weighted by Crippen LogP contribution is 2.15. The smallest absolute Gasteiger partial charge is 0.227 e. The number of unbranched alkanes of at least 4 members (excludes halogenated alkanes) is 5. The van der Waals surface area contributed by atoms with Gasteiger partial charge in [0.15, 0.2) is 0 Å². The summed E-state index contributed by atoms with van der Waals surface area (Å²) in [6, 6.07) is 19.8. The van der Waals surface area contributed by atoms with Gasteiger partial charge in [-0.15, -0.1) is 0 Å². The first-order valence-electron chi connectivity index (χ1n) is 11.2. The lowest BCUT2D eigenvalue weighted by atomic mass is 10.0. The molecule has 2 aromatic rings. The van der Waals surface area contributed by atoms with Crippen LogP contribution in [-0.4, -0.2) is 24.9 Å². The van der Waals surface area contributed by atoms with Crippen molar-refractivity contribution >= 4 is 11.8 Å². The lowest BCUT2D eigenvalue weighted by Crippen LogP contribution is -2.29. The van der Waals surface area contributed by atoms with Crippen LogP contribution in [0.5, 0.6) is 0 Å². The topological polar surface area (TPSA) is 58.2 Å². The molecule has 0 bridgehead atoms. The van der Waals surface area contributed by atoms with Gasteiger partial charge in [-0.3, -0.25) is 9.59 Å². The molecule has 0 spiro atoms. The molecule has 2 aromatic carbocycles. The third-order valence-corrected chi connectivity index (χ3v) is 5.59. The van der Waals surface area contributed by atoms with E-state index in [4.69, 9.17) is 0 Å². The van der Waals surface area contributed by atoms with Crippen molar-refractivity contribution in [3.05, 3.63) is 71.8 Å². The first-order valence-corrected chi connectivity index (χ1v) is 11.2. The number of nitrogens with one attached hydrogen (secondary N) is 2. The van der Waals surface area contributed by atoms with Crippen molar-refractivity contribution in [2.75, 3.05) is 13.1 Å². The second-order valence-electron chi connectivity index (χ2n) is 7.97. The second-order valence-corrected chi connectivity index (χ2v) is 7.97. The summed E-state index contributed by atoms with van der Waals surface area (Å²) < 4.78 is 0. The number of carbonyl (C=O) groups excluding carboxylic acids is 2. The molecule has 0 saturated heterocycles. The van der Waals surface area contributed by atoms with Crippen LogP contribution < -0.4 is 10.6 Å². The molecule has 4 nitrogen and oxygen atoms in total. The Morgan fingerprint density at radius 1 is 0.600 bits per heavy atom. The van der Waals surface area contributed by atoms with Gasteiger partial charge in [-0.05, 0) is 37.8 Å². The standard InChI is InChI=1S/C26H36N2O2/c1-21(23-15-9-7-10-16-23)25(29)27-19-13-5-3-4-6-14-20-28-26(30)22(2)24-17-11-8-12-18-24/h7-12,15-18,21-22H,3-6,13-14,19-20H2,1-2H3,(H,27,29)(H,28,30)/t21-,22-/m0/s1. The van der Waals surface area contributed by atoms with Crippen molar-refractivity contribution < 1.29 is 9.59 Å². The summed E-state index contributed by atoms with van der Waals surface area (Å²) in [7, 11) is 0. The molecule has 162 valence electrons. The Kier molecular flexibility index (Phi) is 10.7. The van der Waals surface area contributed by atoms with E-state index in [0.29, 0.717) is 0 Å². The van der Waals surface area contributed by atoms with Crippen LogP contribution in [0.25, 0.3) is 0 Å². The van der Waals surface area contributed by atoms with Gasteiger partial charge in [0.25, 0.3) is 0 Å². The summed E-state index contributed by atoms with van der Waals surface area (Å²) in [5.41, 5.74) is 2.11. The largest absolute Gasteiger partial charge is 0.356 e. The monoisotopic (exact) mass is 408 g/mol. The maximum absolute atomic E-state index is 12.2. The molecule has 0 aliphatic rings. The van der Waals surface area contributed by atoms with Crippen LogP contribution in [0.3, 0.4) is 0 Å². The zero-order chi connectivity index (χ0) is 21.6. The highest BCUT2D eigenvalue weighted by molar-refractivity contribution is 5.83. The third kappa shape index (κ3) is 8.40. The van der Waals surface area contributed by atoms with Crippen LogP contribution in [0.2, 0.25) is 0 Å². The van der Waals surface area contributed by atoms with E-state index in [1.807, 2.05) is 74.5 Å². The summed E-state index contributed by atoms with van der Waals surface area (Å²) in [6.45, 7) is 5.38. The van der Waals surface area contributed by atoms with E-state index in [1.54, 1.807) is 0 Å². The molecule has 0 aromatic heterocycles. The van der Waals surface area contributed by atoms with Crippen molar-refractivity contribution in [3.63, 3.8) is 0 Å². The SMILES string of the molecule is C[C@H](C(=O)NCCCCCCCCNC(=O)[C@@H](C)c1ccccc1)c1ccccc1. The predicted octanol–water partition coefficient (Wildman–Crippen LogP) is 5.17. The molecule has 2 N–H and O–H groups in total. The van der Waals surface area contributed by atoms with Crippen LogP contribution in [0.1, 0.15) is 75.3 Å². The summed E-state index contributed by atoms with van der Waals surface area (Å²) in [5.74, 6) is -0.0135. The average molecular weight is 409 g/mol. The molecular formula is C26H36N2O2. The first-order chi connectivity index (χ1) is 14.6. The van der Waals surface area contributed by atoms with Crippen molar-refractivity contribution in [1.29, 1.82) is 0 Å². The lowest BCUT2D eigenvalue weighted by Gasteiger charge is -2.13. The molecule has 4 heteroatoms. The van der Waals surface area contributed by atoms with Crippen molar-refractivity contribution in [2.45, 2.75) is 64.2 Å². The molecule has 2 amide bonds. The Labute approximate surface area is 181 Å². The minimum atomic E-state index is -0.106. The quantitative estimate of drug-likeness (QED) is 0.449. The van der Waals surface area contributed by atoms with Crippen LogP contribution in [0.15, 0.2) is 60.7 Å². The van der Waals surface area contributed by atoms with Crippen LogP contribution in [0.4, 0.5) is 0 Å². The van der Waals surface area contributed by atoms with Gasteiger partial charge in [0.1, 0.15) is 0 Å². The van der Waals surface area contributed by atoms with Crippen LogP contribution in [-0.2, 0) is 9.59 Å². The molecule has 0 radical (unpaired) electrons. The number of carbonyl (C=O) groups is 2. The number of benzene rings is 2. The highest BCUT2D eigenvalue weighted by Gasteiger charge is 2.14. The molecule has 0 aliphatic carbocycles. The minimum absolute atomic E-state index is 0.0988. The third-order valence-electron chi connectivity index (χ3n) is 5.59. The fourth-order valence-electron chi connectivity index (χ4n) is 3.47. The molecule has 0 saturated carbocycles. The molecule has 30 heavy (non-hydrogen) atoms. The number of amides is 2. The predicted molar refractivity (Wildman–Crippen MR) is 123 cm³/mol. The van der Waals surface area contributed by atoms with Crippen LogP contribution >= 0.6 is 0 Å². The van der Waals surface area contributed by atoms with E-state index in [0.717, 1.165) is 49.9 Å². The Bertz CT molecular complexity index is 681. The molecule has 0 aliphatic heterocycles. The van der Waals surface area contributed by atoms with E-state index >= 15 is 0 Å². The first kappa shape index (κ1) is 23.7. The summed E-state index contributed by atoms with van der Waals surface area (Å²) >= 11 is 0. The Hall–Kier alpha value is -2.62. The van der Waals surface area contributed by atoms with Crippen molar-refractivity contribution in [1.82, 2.24) is 10.6 Å². The van der Waals surface area contributed by atoms with Gasteiger partial charge in [0, 0.05) is 13.1 Å². The Balaban J connectivity index is 1.45. The normalized spacial score (nSPS) is 12.7. The van der Waals surface area contributed by atoms with Gasteiger partial charge >= 0.3 is 0 Å². The molecule has 0 unspecified atom stereocenters. The van der Waals surface area contributed by atoms with Gasteiger partial charge in [0.05, 0.1) is 11.8 Å². The molecule has 2 atom stereocenters. The molecule has 0 fully saturated rings. The average Bonchev–Trinajstić information content (AvgIpc) is 2.80. The van der Waals surface area contributed by atoms with Gasteiger partial charge in [-0.2, -0.15) is 0 Å². The van der Waals surface area contributed by atoms with E-state index in [2.05, 4.69) is 10.6 Å². The number of rotatable bonds is 13. The van der Waals surface area contributed by atoms with E-state index in [9.17, 15) is 9.59 Å². The molecule has 2 rings (SSSR count). The zero-order valence-corrected chi connectivity index (χ0v) is 18.4. The summed E-state index contributed by atoms with van der Waals surface area (Å²) in [5, 5.41) is 6.08. The van der Waals surface area contributed by atoms with Crippen molar-refractivity contribution in [3.8, 4) is 0 Å². The second kappa shape index (κ2) is 13.6. The van der Waals surface area contributed by atoms with E-state index in [-0.39, 0.29) is 23.7 Å². The fourth-order valence-corrected chi connectivity index (χ4v) is 3.47. The van der Waals surface area contributed by atoms with Gasteiger partial charge in [-0.1, -0.05) is 86.3 Å². The van der Waals surface area contributed by atoms with Gasteiger partial charge in [0.2, 0.25) is 11.8 Å². The molecular weight excluding hydrogens is 372 g/mol. The summed E-state index contributed by atoms with van der Waals surface area (Å²) in [6.07, 6.45) is 6.60. The minimum Gasteiger partial charge on any atom is -0.356 e. The number of hydrogen-bond acceptors (Lipinski definition) is 2. The highest BCUT2D eigenvalue weighted by atomic mass is 16.2. The summed E-state index contributed by atoms with van der Waals surface area (Å²) in [4.78, 5) is 24.4. The van der Waals surface area contributed by atoms with E-state index in [1.165, 1.54) is 12.8 Å². The van der Waals surface area contributed by atoms with E-state index < -0.39 is 0 Å². The zero-order valence-electron chi connectivity index (χ0n) is 18.4. The molecule has 0 heterocycles. The fraction of sp³-hybridized carbons (Fsp3) is 0.462. The Morgan fingerprint density at radius 2 is 0.933 bits per heavy atom. The Morgan fingerprint density at radius 3 is 1.30 bits per heavy atom. The van der Waals surface area contributed by atoms with Crippen molar-refractivity contribution in [2.24, 2.45) is 0 Å². The lowest BCUT2D eigenvalue weighted by molar-refractivity contribution is -0.123. The number of hydrogen-bond donors (Lipinski definition) is 2. The maximum Gasteiger partial charge on any atom is 0.227 e. The maximum atomic E-state index is 12.2. The van der Waals surface area contributed by atoms with Gasteiger partial charge < -0.3 is 10.6 Å². The van der Waals surface area contributed by atoms with Crippen LogP contribution in [0, 0.1) is 0 Å².